The Kier molecular flexibility index (Phi) is 9.15. The summed E-state index contributed by atoms with van der Waals surface area (Å²) in [5, 5.41) is 0. The normalized spacial score (nSPS) is 20.0. The van der Waals surface area contributed by atoms with Crippen molar-refractivity contribution < 1.29 is 23.9 Å². The molecule has 188 valence electrons. The third kappa shape index (κ3) is 6.19. The van der Waals surface area contributed by atoms with E-state index in [0.29, 0.717) is 19.6 Å². The van der Waals surface area contributed by atoms with Crippen LogP contribution in [0.3, 0.4) is 0 Å². The van der Waals surface area contributed by atoms with Crippen LogP contribution in [0.4, 0.5) is 0 Å². The highest BCUT2D eigenvalue weighted by Gasteiger charge is 2.43. The number of ether oxygens (including phenoxy) is 2. The number of piperidine rings is 1. The van der Waals surface area contributed by atoms with Crippen molar-refractivity contribution in [1.29, 1.82) is 0 Å². The largest absolute Gasteiger partial charge is 0.496 e. The van der Waals surface area contributed by atoms with Crippen LogP contribution < -0.4 is 4.74 Å². The van der Waals surface area contributed by atoms with Crippen LogP contribution in [0.2, 0.25) is 0 Å². The minimum atomic E-state index is -0.638. The first kappa shape index (κ1) is 26.2. The van der Waals surface area contributed by atoms with E-state index in [-0.39, 0.29) is 11.8 Å². The maximum absolute atomic E-state index is 13.1. The second-order valence-corrected chi connectivity index (χ2v) is 10.3. The van der Waals surface area contributed by atoms with Crippen molar-refractivity contribution in [2.75, 3.05) is 20.3 Å². The van der Waals surface area contributed by atoms with Crippen LogP contribution in [0.5, 0.6) is 5.75 Å². The standard InChI is InChI=1S/C28H41NO5/c1-20-18-22(19-24(33-4)21(20)2)12-7-11-17-34-27(32)23-13-6-10-16-29(23)26(31)25(30)28(3)14-8-5-9-15-28/h18-19,23H,5-17H2,1-4H3. The molecule has 34 heavy (non-hydrogen) atoms. The number of carbonyl (C=O) groups is 3. The van der Waals surface area contributed by atoms with Gasteiger partial charge in [-0.15, -0.1) is 0 Å². The van der Waals surface area contributed by atoms with Gasteiger partial charge in [0.15, 0.2) is 0 Å². The zero-order valence-corrected chi connectivity index (χ0v) is 21.4. The molecule has 2 aliphatic rings. The van der Waals surface area contributed by atoms with Crippen LogP contribution in [-0.2, 0) is 25.5 Å². The number of methoxy groups -OCH3 is 1. The number of hydrogen-bond donors (Lipinski definition) is 0. The Labute approximate surface area is 204 Å². The monoisotopic (exact) mass is 471 g/mol. The van der Waals surface area contributed by atoms with Gasteiger partial charge in [0.1, 0.15) is 11.8 Å². The number of likely N-dealkylation sites (tertiary alicyclic amines) is 1. The topological polar surface area (TPSA) is 72.9 Å². The summed E-state index contributed by atoms with van der Waals surface area (Å²) in [5.41, 5.74) is 2.99. The first-order chi connectivity index (χ1) is 16.3. The van der Waals surface area contributed by atoms with Crippen molar-refractivity contribution in [3.05, 3.63) is 28.8 Å². The Morgan fingerprint density at radius 2 is 1.76 bits per heavy atom. The molecule has 1 aromatic carbocycles. The van der Waals surface area contributed by atoms with Crippen LogP contribution in [0.25, 0.3) is 0 Å². The Hall–Kier alpha value is -2.37. The third-order valence-electron chi connectivity index (χ3n) is 7.74. The number of esters is 1. The summed E-state index contributed by atoms with van der Waals surface area (Å²) in [6.45, 7) is 6.83. The summed E-state index contributed by atoms with van der Waals surface area (Å²) >= 11 is 0. The van der Waals surface area contributed by atoms with Crippen molar-refractivity contribution in [2.45, 2.75) is 97.4 Å². The van der Waals surface area contributed by atoms with E-state index in [4.69, 9.17) is 9.47 Å². The summed E-state index contributed by atoms with van der Waals surface area (Å²) in [6.07, 6.45) is 9.37. The molecule has 1 heterocycles. The molecule has 1 amide bonds. The van der Waals surface area contributed by atoms with Gasteiger partial charge in [0.2, 0.25) is 5.78 Å². The highest BCUT2D eigenvalue weighted by molar-refractivity contribution is 6.38. The molecule has 0 bridgehead atoms. The van der Waals surface area contributed by atoms with Crippen molar-refractivity contribution in [3.63, 3.8) is 0 Å². The van der Waals surface area contributed by atoms with E-state index in [1.807, 2.05) is 6.92 Å². The molecule has 6 nitrogen and oxygen atoms in total. The maximum Gasteiger partial charge on any atom is 0.328 e. The first-order valence-corrected chi connectivity index (χ1v) is 12.9. The van der Waals surface area contributed by atoms with E-state index >= 15 is 0 Å². The summed E-state index contributed by atoms with van der Waals surface area (Å²) in [7, 11) is 1.69. The summed E-state index contributed by atoms with van der Waals surface area (Å²) in [6, 6.07) is 3.62. The van der Waals surface area contributed by atoms with Gasteiger partial charge in [0.25, 0.3) is 5.91 Å². The zero-order valence-electron chi connectivity index (χ0n) is 21.4. The summed E-state index contributed by atoms with van der Waals surface area (Å²) in [4.78, 5) is 40.5. The average Bonchev–Trinajstić information content (AvgIpc) is 2.85. The molecule has 0 radical (unpaired) electrons. The van der Waals surface area contributed by atoms with E-state index in [1.54, 1.807) is 7.11 Å². The molecule has 1 aliphatic heterocycles. The Bertz CT molecular complexity index is 887. The Morgan fingerprint density at radius 3 is 2.47 bits per heavy atom. The van der Waals surface area contributed by atoms with Gasteiger partial charge in [-0.2, -0.15) is 0 Å². The van der Waals surface area contributed by atoms with E-state index in [0.717, 1.165) is 75.5 Å². The number of benzene rings is 1. The van der Waals surface area contributed by atoms with Gasteiger partial charge < -0.3 is 14.4 Å². The molecule has 1 saturated heterocycles. The van der Waals surface area contributed by atoms with Gasteiger partial charge >= 0.3 is 5.97 Å². The number of Topliss-reactive ketones (excluding diaryl/α,β-unsaturated/α-hetero) is 1. The van der Waals surface area contributed by atoms with Gasteiger partial charge in [-0.1, -0.05) is 32.3 Å². The Balaban J connectivity index is 1.50. The van der Waals surface area contributed by atoms with Crippen LogP contribution in [-0.4, -0.2) is 48.9 Å². The molecular formula is C28H41NO5. The van der Waals surface area contributed by atoms with E-state index in [1.165, 1.54) is 16.0 Å². The van der Waals surface area contributed by atoms with Crippen LogP contribution in [0, 0.1) is 19.3 Å². The van der Waals surface area contributed by atoms with Gasteiger partial charge in [0.05, 0.1) is 13.7 Å². The number of unbranched alkanes of at least 4 members (excludes halogenated alkanes) is 1. The lowest BCUT2D eigenvalue weighted by Crippen LogP contribution is -2.53. The molecule has 0 spiro atoms. The lowest BCUT2D eigenvalue weighted by Gasteiger charge is -2.37. The highest BCUT2D eigenvalue weighted by atomic mass is 16.5. The predicted octanol–water partition coefficient (Wildman–Crippen LogP) is 5.10. The number of nitrogens with zero attached hydrogens (tertiary/aromatic N) is 1. The number of amides is 1. The molecule has 1 atom stereocenters. The average molecular weight is 472 g/mol. The fraction of sp³-hybridized carbons (Fsp3) is 0.679. The second-order valence-electron chi connectivity index (χ2n) is 10.3. The van der Waals surface area contributed by atoms with Gasteiger partial charge in [-0.05, 0) is 88.0 Å². The minimum absolute atomic E-state index is 0.323. The smallest absolute Gasteiger partial charge is 0.328 e. The van der Waals surface area contributed by atoms with Crippen LogP contribution >= 0.6 is 0 Å². The van der Waals surface area contributed by atoms with Crippen molar-refractivity contribution in [1.82, 2.24) is 4.90 Å². The van der Waals surface area contributed by atoms with Crippen LogP contribution in [0.15, 0.2) is 12.1 Å². The molecule has 6 heteroatoms. The minimum Gasteiger partial charge on any atom is -0.496 e. The Morgan fingerprint density at radius 1 is 1.03 bits per heavy atom. The lowest BCUT2D eigenvalue weighted by molar-refractivity contribution is -0.161. The van der Waals surface area contributed by atoms with Crippen LogP contribution in [0.1, 0.15) is 87.8 Å². The van der Waals surface area contributed by atoms with Gasteiger partial charge in [-0.25, -0.2) is 4.79 Å². The number of carbonyl (C=O) groups excluding carboxylic acids is 3. The fourth-order valence-electron chi connectivity index (χ4n) is 5.32. The quantitative estimate of drug-likeness (QED) is 0.285. The summed E-state index contributed by atoms with van der Waals surface area (Å²) in [5.74, 6) is -0.284. The second kappa shape index (κ2) is 11.9. The van der Waals surface area contributed by atoms with Gasteiger partial charge in [-0.3, -0.25) is 9.59 Å². The third-order valence-corrected chi connectivity index (χ3v) is 7.74. The zero-order chi connectivity index (χ0) is 24.7. The molecule has 1 aliphatic carbocycles. The van der Waals surface area contributed by atoms with Gasteiger partial charge in [0, 0.05) is 12.0 Å². The molecule has 2 fully saturated rings. The SMILES string of the molecule is COc1cc(CCCCOC(=O)C2CCCCN2C(=O)C(=O)C2(C)CCCCC2)cc(C)c1C. The summed E-state index contributed by atoms with van der Waals surface area (Å²) < 4.78 is 11.0. The number of aryl methyl sites for hydroxylation is 2. The van der Waals surface area contributed by atoms with Crippen molar-refractivity contribution in [3.8, 4) is 5.75 Å². The molecule has 1 unspecified atom stereocenters. The number of hydrogen-bond acceptors (Lipinski definition) is 5. The molecule has 0 N–H and O–H groups in total. The highest BCUT2D eigenvalue weighted by Crippen LogP contribution is 2.37. The fourth-order valence-corrected chi connectivity index (χ4v) is 5.32. The van der Waals surface area contributed by atoms with E-state index in [9.17, 15) is 14.4 Å². The number of ketones is 1. The predicted molar refractivity (Wildman–Crippen MR) is 132 cm³/mol. The molecular weight excluding hydrogens is 430 g/mol. The van der Waals surface area contributed by atoms with E-state index < -0.39 is 17.4 Å². The maximum atomic E-state index is 13.1. The first-order valence-electron chi connectivity index (χ1n) is 12.9. The molecule has 3 rings (SSSR count). The van der Waals surface area contributed by atoms with Crippen molar-refractivity contribution in [2.24, 2.45) is 5.41 Å². The van der Waals surface area contributed by atoms with E-state index in [2.05, 4.69) is 26.0 Å². The van der Waals surface area contributed by atoms with Crippen molar-refractivity contribution >= 4 is 17.7 Å². The molecule has 1 aromatic rings. The lowest BCUT2D eigenvalue weighted by atomic mass is 9.72. The number of rotatable bonds is 9. The molecule has 1 saturated carbocycles. The molecule has 0 aromatic heterocycles.